The number of ether oxygens (including phenoxy) is 2. The lowest BCUT2D eigenvalue weighted by molar-refractivity contribution is 0.00688. The molecule has 2 heterocycles. The van der Waals surface area contributed by atoms with Gasteiger partial charge in [0.15, 0.2) is 0 Å². The fraction of sp³-hybridized carbons (Fsp3) is 0.650. The number of nitrogens with one attached hydrogen (secondary N) is 1. The molecule has 0 aromatic heterocycles. The molecule has 2 saturated heterocycles. The Hall–Kier alpha value is -1.63. The normalized spacial score (nSPS) is 22.3. The summed E-state index contributed by atoms with van der Waals surface area (Å²) in [4.78, 5) is 17.0. The van der Waals surface area contributed by atoms with Crippen molar-refractivity contribution in [3.8, 4) is 0 Å². The van der Waals surface area contributed by atoms with Crippen LogP contribution in [0.25, 0.3) is 0 Å². The van der Waals surface area contributed by atoms with Crippen molar-refractivity contribution in [2.24, 2.45) is 0 Å². The van der Waals surface area contributed by atoms with Crippen molar-refractivity contribution in [1.82, 2.24) is 10.2 Å². The van der Waals surface area contributed by atoms with E-state index in [0.29, 0.717) is 5.56 Å². The van der Waals surface area contributed by atoms with Crippen LogP contribution in [0.5, 0.6) is 0 Å². The summed E-state index contributed by atoms with van der Waals surface area (Å²) >= 11 is 0. The number of hydrogen-bond donors (Lipinski definition) is 1. The Bertz CT molecular complexity index is 591. The van der Waals surface area contributed by atoms with Gasteiger partial charge in [-0.3, -0.25) is 4.90 Å². The van der Waals surface area contributed by atoms with Crippen molar-refractivity contribution < 1.29 is 14.3 Å². The second kappa shape index (κ2) is 8.37. The summed E-state index contributed by atoms with van der Waals surface area (Å²) in [5.74, 6) is -0.275. The summed E-state index contributed by atoms with van der Waals surface area (Å²) < 4.78 is 11.4. The molecule has 0 bridgehead atoms. The number of piperazine rings is 1. The molecule has 6 heteroatoms. The molecule has 26 heavy (non-hydrogen) atoms. The topological polar surface area (TPSA) is 54.0 Å². The van der Waals surface area contributed by atoms with E-state index in [0.717, 1.165) is 58.1 Å². The Morgan fingerprint density at radius 1 is 1.19 bits per heavy atom. The molecule has 6 nitrogen and oxygen atoms in total. The van der Waals surface area contributed by atoms with Gasteiger partial charge in [-0.15, -0.1) is 0 Å². The Balaban J connectivity index is 1.57. The van der Waals surface area contributed by atoms with E-state index < -0.39 is 5.60 Å². The highest BCUT2D eigenvalue weighted by atomic mass is 16.6. The number of esters is 1. The molecular formula is C20H31N3O3. The molecule has 3 rings (SSSR count). The summed E-state index contributed by atoms with van der Waals surface area (Å²) in [5, 5.41) is 3.38. The Morgan fingerprint density at radius 2 is 1.88 bits per heavy atom. The zero-order valence-corrected chi connectivity index (χ0v) is 16.2. The number of rotatable bonds is 4. The van der Waals surface area contributed by atoms with E-state index >= 15 is 0 Å². The van der Waals surface area contributed by atoms with Crippen molar-refractivity contribution in [2.45, 2.75) is 32.5 Å². The number of anilines is 1. The van der Waals surface area contributed by atoms with E-state index in [2.05, 4.69) is 15.1 Å². The van der Waals surface area contributed by atoms with Gasteiger partial charge >= 0.3 is 5.97 Å². The van der Waals surface area contributed by atoms with Crippen LogP contribution in [0.1, 0.15) is 31.1 Å². The van der Waals surface area contributed by atoms with Crippen LogP contribution in [0.15, 0.2) is 24.3 Å². The van der Waals surface area contributed by atoms with E-state index in [1.165, 1.54) is 0 Å². The summed E-state index contributed by atoms with van der Waals surface area (Å²) in [6.45, 7) is 13.4. The fourth-order valence-corrected chi connectivity index (χ4v) is 3.39. The van der Waals surface area contributed by atoms with Gasteiger partial charge in [0.05, 0.1) is 18.3 Å². The number of morpholine rings is 1. The van der Waals surface area contributed by atoms with Crippen molar-refractivity contribution in [1.29, 1.82) is 0 Å². The summed E-state index contributed by atoms with van der Waals surface area (Å²) in [5.41, 5.74) is 1.25. The lowest BCUT2D eigenvalue weighted by Gasteiger charge is -2.38. The minimum atomic E-state index is -0.475. The zero-order chi connectivity index (χ0) is 18.6. The molecule has 1 aromatic rings. The SMILES string of the molecule is CC(C)(C)OC(=O)c1ccc(N2CCO[C@H](CN3CCNCC3)C2)cc1. The van der Waals surface area contributed by atoms with Crippen molar-refractivity contribution in [2.75, 3.05) is 57.3 Å². The van der Waals surface area contributed by atoms with Gasteiger partial charge in [-0.1, -0.05) is 0 Å². The third-order valence-corrected chi connectivity index (χ3v) is 4.68. The molecule has 1 N–H and O–H groups in total. The first-order chi connectivity index (χ1) is 12.4. The first-order valence-corrected chi connectivity index (χ1v) is 9.54. The largest absolute Gasteiger partial charge is 0.456 e. The minimum absolute atomic E-state index is 0.229. The maximum absolute atomic E-state index is 12.2. The molecule has 0 spiro atoms. The van der Waals surface area contributed by atoms with Crippen LogP contribution in [0.3, 0.4) is 0 Å². The van der Waals surface area contributed by atoms with Crippen LogP contribution in [-0.4, -0.2) is 75.0 Å². The van der Waals surface area contributed by atoms with E-state index in [1.54, 1.807) is 0 Å². The molecule has 144 valence electrons. The Labute approximate surface area is 156 Å². The van der Waals surface area contributed by atoms with E-state index in [4.69, 9.17) is 9.47 Å². The Kier molecular flexibility index (Phi) is 6.16. The number of hydrogen-bond acceptors (Lipinski definition) is 6. The highest BCUT2D eigenvalue weighted by molar-refractivity contribution is 5.90. The number of nitrogens with zero attached hydrogens (tertiary/aromatic N) is 2. The predicted molar refractivity (Wildman–Crippen MR) is 103 cm³/mol. The number of carbonyl (C=O) groups is 1. The molecule has 2 fully saturated rings. The zero-order valence-electron chi connectivity index (χ0n) is 16.2. The average molecular weight is 361 g/mol. The predicted octanol–water partition coefficient (Wildman–Crippen LogP) is 1.75. The van der Waals surface area contributed by atoms with E-state index in [9.17, 15) is 4.79 Å². The summed E-state index contributed by atoms with van der Waals surface area (Å²) in [6.07, 6.45) is 0.229. The average Bonchev–Trinajstić information content (AvgIpc) is 2.61. The maximum Gasteiger partial charge on any atom is 0.338 e. The molecular weight excluding hydrogens is 330 g/mol. The summed E-state index contributed by atoms with van der Waals surface area (Å²) in [6, 6.07) is 7.72. The van der Waals surface area contributed by atoms with Crippen LogP contribution in [-0.2, 0) is 9.47 Å². The Morgan fingerprint density at radius 3 is 2.54 bits per heavy atom. The quantitative estimate of drug-likeness (QED) is 0.825. The van der Waals surface area contributed by atoms with Crippen LogP contribution in [0.4, 0.5) is 5.69 Å². The number of benzene rings is 1. The maximum atomic E-state index is 12.2. The molecule has 1 atom stereocenters. The molecule has 0 radical (unpaired) electrons. The van der Waals surface area contributed by atoms with Crippen LogP contribution < -0.4 is 10.2 Å². The van der Waals surface area contributed by atoms with Gasteiger partial charge in [0, 0.05) is 51.5 Å². The molecule has 0 unspecified atom stereocenters. The molecule has 0 amide bonds. The first kappa shape index (κ1) is 19.1. The van der Waals surface area contributed by atoms with Gasteiger partial charge in [-0.2, -0.15) is 0 Å². The lowest BCUT2D eigenvalue weighted by atomic mass is 10.1. The molecule has 2 aliphatic heterocycles. The molecule has 1 aromatic carbocycles. The monoisotopic (exact) mass is 361 g/mol. The second-order valence-corrected chi connectivity index (χ2v) is 8.04. The van der Waals surface area contributed by atoms with Gasteiger partial charge in [-0.05, 0) is 45.0 Å². The highest BCUT2D eigenvalue weighted by Crippen LogP contribution is 2.20. The van der Waals surface area contributed by atoms with Gasteiger partial charge in [0.25, 0.3) is 0 Å². The van der Waals surface area contributed by atoms with Crippen molar-refractivity contribution in [3.63, 3.8) is 0 Å². The van der Waals surface area contributed by atoms with Gasteiger partial charge < -0.3 is 19.7 Å². The van der Waals surface area contributed by atoms with E-state index in [-0.39, 0.29) is 12.1 Å². The van der Waals surface area contributed by atoms with Gasteiger partial charge in [0.1, 0.15) is 5.60 Å². The molecule has 0 aliphatic carbocycles. The van der Waals surface area contributed by atoms with Crippen molar-refractivity contribution >= 4 is 11.7 Å². The third kappa shape index (κ3) is 5.43. The van der Waals surface area contributed by atoms with Gasteiger partial charge in [-0.25, -0.2) is 4.79 Å². The van der Waals surface area contributed by atoms with E-state index in [1.807, 2.05) is 45.0 Å². The minimum Gasteiger partial charge on any atom is -0.456 e. The van der Waals surface area contributed by atoms with Crippen LogP contribution >= 0.6 is 0 Å². The second-order valence-electron chi connectivity index (χ2n) is 8.04. The number of carbonyl (C=O) groups excluding carboxylic acids is 1. The molecule has 0 saturated carbocycles. The van der Waals surface area contributed by atoms with Gasteiger partial charge in [0.2, 0.25) is 0 Å². The smallest absolute Gasteiger partial charge is 0.338 e. The first-order valence-electron chi connectivity index (χ1n) is 9.54. The van der Waals surface area contributed by atoms with Crippen LogP contribution in [0.2, 0.25) is 0 Å². The summed E-state index contributed by atoms with van der Waals surface area (Å²) in [7, 11) is 0. The third-order valence-electron chi connectivity index (χ3n) is 4.68. The highest BCUT2D eigenvalue weighted by Gasteiger charge is 2.24. The molecule has 2 aliphatic rings. The fourth-order valence-electron chi connectivity index (χ4n) is 3.39. The standard InChI is InChI=1S/C20H31N3O3/c1-20(2,3)26-19(24)16-4-6-17(7-5-16)23-12-13-25-18(15-23)14-22-10-8-21-9-11-22/h4-7,18,21H,8-15H2,1-3H3/t18-/m1/s1. The van der Waals surface area contributed by atoms with Crippen LogP contribution in [0, 0.1) is 0 Å². The van der Waals surface area contributed by atoms with Crippen molar-refractivity contribution in [3.05, 3.63) is 29.8 Å². The lowest BCUT2D eigenvalue weighted by Crippen LogP contribution is -2.51.